The maximum atomic E-state index is 13.9. The predicted octanol–water partition coefficient (Wildman–Crippen LogP) is 0.0158. The van der Waals surface area contributed by atoms with E-state index in [2.05, 4.69) is 30.9 Å². The Morgan fingerprint density at radius 1 is 1.11 bits per heavy atom. The molecule has 10 heteroatoms. The third kappa shape index (κ3) is 3.54. The summed E-state index contributed by atoms with van der Waals surface area (Å²) in [5.74, 6) is -10.3. The molecule has 2 fully saturated rings. The van der Waals surface area contributed by atoms with Gasteiger partial charge in [0.25, 0.3) is 0 Å². The quantitative estimate of drug-likeness (QED) is 0.365. The van der Waals surface area contributed by atoms with Crippen LogP contribution in [0.3, 0.4) is 0 Å². The maximum absolute atomic E-state index is 13.9. The molecule has 4 unspecified atom stereocenters. The number of phenolic OH excluding ortho intramolecular Hbond substituents is 1. The van der Waals surface area contributed by atoms with Gasteiger partial charge in [-0.2, -0.15) is 0 Å². The van der Waals surface area contributed by atoms with Crippen LogP contribution in [0.15, 0.2) is 24.3 Å². The molecule has 0 saturated heterocycles. The highest BCUT2D eigenvalue weighted by Crippen LogP contribution is 2.51. The number of Topliss-reactive ketones (excluding diaryl/α,β-unsaturated/α-hetero) is 4. The van der Waals surface area contributed by atoms with E-state index < -0.39 is 64.4 Å². The van der Waals surface area contributed by atoms with Crippen molar-refractivity contribution in [1.82, 2.24) is 9.80 Å². The van der Waals surface area contributed by atoms with Crippen LogP contribution >= 0.6 is 0 Å². The van der Waals surface area contributed by atoms with Crippen molar-refractivity contribution in [3.63, 3.8) is 0 Å². The first kappa shape index (κ1) is 26.4. The van der Waals surface area contributed by atoms with E-state index in [0.29, 0.717) is 12.1 Å². The lowest BCUT2D eigenvalue weighted by Crippen LogP contribution is -2.74. The molecule has 1 amide bonds. The Labute approximate surface area is 220 Å². The number of benzene rings is 1. The monoisotopic (exact) mass is 523 g/mol. The van der Waals surface area contributed by atoms with Crippen LogP contribution in [0.2, 0.25) is 0 Å². The lowest BCUT2D eigenvalue weighted by Gasteiger charge is -2.52. The third-order valence-corrected chi connectivity index (χ3v) is 9.11. The Bertz CT molecular complexity index is 1290. The molecule has 0 aromatic heterocycles. The molecule has 0 radical (unpaired) electrons. The summed E-state index contributed by atoms with van der Waals surface area (Å²) in [6, 6.07) is 2.48. The molecule has 0 bridgehead atoms. The van der Waals surface area contributed by atoms with Gasteiger partial charge >= 0.3 is 0 Å². The molecule has 10 nitrogen and oxygen atoms in total. The Kier molecular flexibility index (Phi) is 6.20. The molecular weight excluding hydrogens is 490 g/mol. The second-order valence-electron chi connectivity index (χ2n) is 11.4. The summed E-state index contributed by atoms with van der Waals surface area (Å²) in [4.78, 5) is 70.0. The average molecular weight is 524 g/mol. The normalized spacial score (nSPS) is 36.8. The molecule has 1 aromatic rings. The van der Waals surface area contributed by atoms with E-state index >= 15 is 0 Å². The van der Waals surface area contributed by atoms with Gasteiger partial charge in [-0.1, -0.05) is 18.2 Å². The Morgan fingerprint density at radius 3 is 2.32 bits per heavy atom. The van der Waals surface area contributed by atoms with Crippen LogP contribution in [0, 0.1) is 23.7 Å². The second-order valence-corrected chi connectivity index (χ2v) is 11.4. The van der Waals surface area contributed by atoms with E-state index in [4.69, 9.17) is 5.73 Å². The van der Waals surface area contributed by atoms with E-state index in [1.807, 2.05) is 0 Å². The van der Waals surface area contributed by atoms with Gasteiger partial charge in [0.05, 0.1) is 17.5 Å². The number of aliphatic hydroxyl groups is 1. The van der Waals surface area contributed by atoms with Gasteiger partial charge in [0.15, 0.2) is 34.7 Å². The van der Waals surface area contributed by atoms with Crippen LogP contribution in [0.1, 0.15) is 41.8 Å². The molecule has 1 aromatic carbocycles. The van der Waals surface area contributed by atoms with Crippen molar-refractivity contribution in [3.8, 4) is 5.75 Å². The zero-order valence-corrected chi connectivity index (χ0v) is 21.9. The predicted molar refractivity (Wildman–Crippen MR) is 135 cm³/mol. The lowest BCUT2D eigenvalue weighted by atomic mass is 9.52. The molecule has 0 spiro atoms. The molecule has 5 rings (SSSR count). The smallest absolute Gasteiger partial charge is 0.235 e. The van der Waals surface area contributed by atoms with Gasteiger partial charge in [-0.3, -0.25) is 33.8 Å². The number of phenols is 1. The van der Waals surface area contributed by atoms with Gasteiger partial charge in [-0.25, -0.2) is 0 Å². The average Bonchev–Trinajstić information content (AvgIpc) is 3.14. The third-order valence-electron chi connectivity index (χ3n) is 9.11. The number of nitrogens with zero attached hydrogens (tertiary/aromatic N) is 2. The largest absolute Gasteiger partial charge is 0.507 e. The molecule has 1 heterocycles. The van der Waals surface area contributed by atoms with Crippen LogP contribution < -0.4 is 5.73 Å². The number of carbonyl (C=O) groups is 5. The number of likely N-dealkylation sites (N-methyl/N-ethyl adjacent to an activating group) is 1. The fourth-order valence-electron chi connectivity index (χ4n) is 7.22. The van der Waals surface area contributed by atoms with Gasteiger partial charge in [-0.05, 0) is 63.9 Å². The number of aromatic hydroxyl groups is 1. The highest BCUT2D eigenvalue weighted by atomic mass is 16.3. The molecule has 2 saturated carbocycles. The minimum atomic E-state index is -2.71. The Balaban J connectivity index is 1.59. The summed E-state index contributed by atoms with van der Waals surface area (Å²) in [5.41, 5.74) is 4.17. The van der Waals surface area contributed by atoms with Crippen LogP contribution in [-0.4, -0.2) is 86.9 Å². The molecular formula is C28H33N3O7. The molecule has 1 aliphatic heterocycles. The highest BCUT2D eigenvalue weighted by Gasteiger charge is 2.69. The maximum Gasteiger partial charge on any atom is 0.235 e. The summed E-state index contributed by atoms with van der Waals surface area (Å²) in [6.07, 6.45) is 4.52. The van der Waals surface area contributed by atoms with Gasteiger partial charge in [0.2, 0.25) is 5.91 Å². The van der Waals surface area contributed by atoms with Gasteiger partial charge in [0.1, 0.15) is 5.75 Å². The van der Waals surface area contributed by atoms with Crippen molar-refractivity contribution in [2.75, 3.05) is 14.1 Å². The fraction of sp³-hybridized carbons (Fsp3) is 0.536. The zero-order chi connectivity index (χ0) is 27.8. The van der Waals surface area contributed by atoms with E-state index in [1.54, 1.807) is 20.2 Å². The first-order valence-corrected chi connectivity index (χ1v) is 12.9. The first-order valence-electron chi connectivity index (χ1n) is 12.9. The van der Waals surface area contributed by atoms with E-state index in [9.17, 15) is 34.2 Å². The van der Waals surface area contributed by atoms with Crippen LogP contribution in [0.5, 0.6) is 5.75 Å². The van der Waals surface area contributed by atoms with E-state index in [0.717, 1.165) is 5.56 Å². The highest BCUT2D eigenvalue weighted by molar-refractivity contribution is 6.32. The van der Waals surface area contributed by atoms with Crippen molar-refractivity contribution in [2.24, 2.45) is 29.4 Å². The molecule has 3 aliphatic carbocycles. The topological polar surface area (TPSA) is 158 Å². The minimum absolute atomic E-state index is 0.0292. The lowest BCUT2D eigenvalue weighted by molar-refractivity contribution is -0.181. The number of carbonyl (C=O) groups excluding carboxylic acids is 5. The van der Waals surface area contributed by atoms with Gasteiger partial charge in [-0.15, -0.1) is 0 Å². The molecule has 38 heavy (non-hydrogen) atoms. The van der Waals surface area contributed by atoms with Crippen molar-refractivity contribution in [1.29, 1.82) is 0 Å². The summed E-state index contributed by atoms with van der Waals surface area (Å²) >= 11 is 0. The Morgan fingerprint density at radius 2 is 1.74 bits per heavy atom. The van der Waals surface area contributed by atoms with Crippen molar-refractivity contribution in [3.05, 3.63) is 41.0 Å². The van der Waals surface area contributed by atoms with Crippen molar-refractivity contribution >= 4 is 29.0 Å². The van der Waals surface area contributed by atoms with E-state index in [-0.39, 0.29) is 36.2 Å². The molecule has 4 N–H and O–H groups in total. The number of rotatable bonds is 4. The summed E-state index contributed by atoms with van der Waals surface area (Å²) in [7, 11) is 3.13. The van der Waals surface area contributed by atoms with Crippen LogP contribution in [0.4, 0.5) is 0 Å². The molecule has 202 valence electrons. The van der Waals surface area contributed by atoms with Gasteiger partial charge in [0, 0.05) is 24.5 Å². The number of fused-ring (bicyclic) bond motifs is 3. The summed E-state index contributed by atoms with van der Waals surface area (Å²) in [5, 5.41) is 22.4. The van der Waals surface area contributed by atoms with E-state index in [1.165, 1.54) is 11.0 Å². The van der Waals surface area contributed by atoms with Crippen LogP contribution in [-0.2, 0) is 32.1 Å². The second kappa shape index (κ2) is 8.93. The zero-order valence-electron chi connectivity index (χ0n) is 21.9. The SMILES string of the molecule is CC1C=CC(C)N1Cc1ccc(O)c2c1C[C@H]1C[C@H]3[C@H](N(C)C)C(=O)C(C(N)=O)C(=O)[C@@]3(O)C(=O)C1C2=O. The number of primary amides is 1. The minimum Gasteiger partial charge on any atom is -0.507 e. The standard InChI is InChI=1S/C28H33N3O7/c1-12-5-6-13(2)31(12)11-14-7-8-18(32)20-16(14)9-15-10-17-22(30(3)4)24(34)21(27(29)37)26(36)28(17,38)25(35)19(15)23(20)33/h5-8,12-13,15,17,19,21-22,32,38H,9-11H2,1-4H3,(H2,29,37)/t12?,13?,15-,17-,19?,21?,22-,28-/m0/s1. The first-order chi connectivity index (χ1) is 17.8. The van der Waals surface area contributed by atoms with Gasteiger partial charge < -0.3 is 15.9 Å². The van der Waals surface area contributed by atoms with Crippen molar-refractivity contribution < 1.29 is 34.2 Å². The number of amides is 1. The number of hydrogen-bond acceptors (Lipinski definition) is 9. The number of nitrogens with two attached hydrogens (primary N) is 1. The molecule has 4 aliphatic rings. The molecule has 8 atom stereocenters. The summed E-state index contributed by atoms with van der Waals surface area (Å²) < 4.78 is 0. The number of hydrogen-bond donors (Lipinski definition) is 3. The number of ketones is 4. The Hall–Kier alpha value is -3.21. The van der Waals surface area contributed by atoms with Crippen molar-refractivity contribution in [2.45, 2.75) is 57.0 Å². The van der Waals surface area contributed by atoms with Crippen LogP contribution in [0.25, 0.3) is 0 Å². The fourth-order valence-corrected chi connectivity index (χ4v) is 7.22. The summed E-state index contributed by atoms with van der Waals surface area (Å²) in [6.45, 7) is 4.68.